The van der Waals surface area contributed by atoms with Crippen LogP contribution in [0, 0.1) is 6.92 Å². The van der Waals surface area contributed by atoms with Crippen LogP contribution in [-0.2, 0) is 13.6 Å². The Labute approximate surface area is 120 Å². The molecule has 0 aliphatic carbocycles. The second-order valence-corrected chi connectivity index (χ2v) is 4.81. The fraction of sp³-hybridized carbons (Fsp3) is 0.467. The third kappa shape index (κ3) is 3.10. The lowest BCUT2D eigenvalue weighted by atomic mass is 10.2. The molecule has 0 aliphatic rings. The number of nitrogens with zero attached hydrogens (tertiary/aromatic N) is 4. The lowest BCUT2D eigenvalue weighted by Gasteiger charge is -2.19. The van der Waals surface area contributed by atoms with Crippen molar-refractivity contribution in [1.82, 2.24) is 14.8 Å². The largest absolute Gasteiger partial charge is 0.380 e. The van der Waals surface area contributed by atoms with Crippen molar-refractivity contribution in [3.8, 4) is 0 Å². The van der Waals surface area contributed by atoms with Crippen molar-refractivity contribution in [2.75, 3.05) is 23.3 Å². The number of anilines is 2. The Morgan fingerprint density at radius 3 is 2.45 bits per heavy atom. The van der Waals surface area contributed by atoms with Gasteiger partial charge in [-0.3, -0.25) is 4.68 Å². The van der Waals surface area contributed by atoms with Gasteiger partial charge in [0.1, 0.15) is 5.82 Å². The Morgan fingerprint density at radius 1 is 1.20 bits per heavy atom. The summed E-state index contributed by atoms with van der Waals surface area (Å²) >= 11 is 0. The fourth-order valence-electron chi connectivity index (χ4n) is 2.14. The van der Waals surface area contributed by atoms with Crippen LogP contribution < -0.4 is 10.2 Å². The highest BCUT2D eigenvalue weighted by Gasteiger charge is 2.05. The Hall–Kier alpha value is -2.04. The fourth-order valence-corrected chi connectivity index (χ4v) is 2.14. The molecule has 0 radical (unpaired) electrons. The van der Waals surface area contributed by atoms with E-state index < -0.39 is 0 Å². The maximum atomic E-state index is 4.50. The Kier molecular flexibility index (Phi) is 4.61. The molecule has 2 aromatic heterocycles. The van der Waals surface area contributed by atoms with Crippen LogP contribution in [0.25, 0.3) is 0 Å². The molecule has 0 saturated heterocycles. The van der Waals surface area contributed by atoms with Crippen LogP contribution in [0.1, 0.15) is 25.1 Å². The van der Waals surface area contributed by atoms with E-state index in [0.717, 1.165) is 31.1 Å². The van der Waals surface area contributed by atoms with Crippen molar-refractivity contribution in [2.24, 2.45) is 7.05 Å². The number of hydrogen-bond acceptors (Lipinski definition) is 4. The molecule has 0 unspecified atom stereocenters. The zero-order valence-electron chi connectivity index (χ0n) is 12.7. The van der Waals surface area contributed by atoms with E-state index in [9.17, 15) is 0 Å². The summed E-state index contributed by atoms with van der Waals surface area (Å²) in [4.78, 5) is 6.73. The van der Waals surface area contributed by atoms with Crippen LogP contribution in [0.3, 0.4) is 0 Å². The number of aryl methyl sites for hydroxylation is 1. The predicted molar refractivity (Wildman–Crippen MR) is 83.1 cm³/mol. The summed E-state index contributed by atoms with van der Waals surface area (Å²) in [6.07, 6.45) is 3.79. The van der Waals surface area contributed by atoms with Crippen LogP contribution in [0.5, 0.6) is 0 Å². The Balaban J connectivity index is 1.99. The Bertz CT molecular complexity index is 540. The highest BCUT2D eigenvalue weighted by atomic mass is 15.3. The van der Waals surface area contributed by atoms with Crippen molar-refractivity contribution in [1.29, 1.82) is 0 Å². The second-order valence-electron chi connectivity index (χ2n) is 4.81. The number of hydrogen-bond donors (Lipinski definition) is 1. The third-order valence-electron chi connectivity index (χ3n) is 3.66. The van der Waals surface area contributed by atoms with Crippen LogP contribution >= 0.6 is 0 Å². The molecule has 20 heavy (non-hydrogen) atoms. The lowest BCUT2D eigenvalue weighted by molar-refractivity contribution is 0.738. The first-order valence-corrected chi connectivity index (χ1v) is 7.08. The Morgan fingerprint density at radius 2 is 1.95 bits per heavy atom. The molecule has 0 aliphatic heterocycles. The van der Waals surface area contributed by atoms with Gasteiger partial charge < -0.3 is 10.2 Å². The van der Waals surface area contributed by atoms with Gasteiger partial charge in [0, 0.05) is 37.9 Å². The average molecular weight is 273 g/mol. The summed E-state index contributed by atoms with van der Waals surface area (Å²) in [6, 6.07) is 4.14. The molecule has 5 nitrogen and oxygen atoms in total. The highest BCUT2D eigenvalue weighted by molar-refractivity contribution is 5.48. The minimum Gasteiger partial charge on any atom is -0.380 e. The van der Waals surface area contributed by atoms with E-state index in [-0.39, 0.29) is 0 Å². The van der Waals surface area contributed by atoms with Gasteiger partial charge in [-0.05, 0) is 32.9 Å². The van der Waals surface area contributed by atoms with Crippen LogP contribution in [-0.4, -0.2) is 27.9 Å². The smallest absolute Gasteiger partial charge is 0.128 e. The van der Waals surface area contributed by atoms with Gasteiger partial charge in [-0.15, -0.1) is 0 Å². The zero-order valence-corrected chi connectivity index (χ0v) is 12.7. The SMILES string of the molecule is CCN(CC)c1ccc(NCc2cnn(C)c2C)cn1. The van der Waals surface area contributed by atoms with Gasteiger partial charge in [-0.25, -0.2) is 4.98 Å². The van der Waals surface area contributed by atoms with Crippen LogP contribution in [0.4, 0.5) is 11.5 Å². The van der Waals surface area contributed by atoms with Gasteiger partial charge in [0.2, 0.25) is 0 Å². The molecule has 0 spiro atoms. The summed E-state index contributed by atoms with van der Waals surface area (Å²) in [5.74, 6) is 1.03. The van der Waals surface area contributed by atoms with Gasteiger partial charge in [0.25, 0.3) is 0 Å². The summed E-state index contributed by atoms with van der Waals surface area (Å²) < 4.78 is 1.89. The number of pyridine rings is 1. The van der Waals surface area contributed by atoms with Crippen LogP contribution in [0.2, 0.25) is 0 Å². The van der Waals surface area contributed by atoms with Gasteiger partial charge in [0.05, 0.1) is 18.1 Å². The quantitative estimate of drug-likeness (QED) is 0.878. The summed E-state index contributed by atoms with van der Waals surface area (Å²) in [5.41, 5.74) is 3.43. The molecular formula is C15H23N5. The monoisotopic (exact) mass is 273 g/mol. The minimum absolute atomic E-state index is 0.770. The normalized spacial score (nSPS) is 10.6. The van der Waals surface area contributed by atoms with Crippen molar-refractivity contribution < 1.29 is 0 Å². The summed E-state index contributed by atoms with van der Waals surface area (Å²) in [6.45, 7) is 9.08. The van der Waals surface area contributed by atoms with Crippen molar-refractivity contribution >= 4 is 11.5 Å². The molecule has 0 aromatic carbocycles. The van der Waals surface area contributed by atoms with Crippen molar-refractivity contribution in [3.05, 3.63) is 35.8 Å². The molecule has 0 amide bonds. The van der Waals surface area contributed by atoms with Crippen LogP contribution in [0.15, 0.2) is 24.5 Å². The molecule has 5 heteroatoms. The van der Waals surface area contributed by atoms with Crippen molar-refractivity contribution in [2.45, 2.75) is 27.3 Å². The average Bonchev–Trinajstić information content (AvgIpc) is 2.79. The molecule has 2 rings (SSSR count). The van der Waals surface area contributed by atoms with E-state index >= 15 is 0 Å². The second kappa shape index (κ2) is 6.41. The maximum absolute atomic E-state index is 4.50. The molecule has 0 atom stereocenters. The predicted octanol–water partition coefficient (Wildman–Crippen LogP) is 2.58. The van der Waals surface area contributed by atoms with Gasteiger partial charge >= 0.3 is 0 Å². The van der Waals surface area contributed by atoms with E-state index in [1.807, 2.05) is 24.1 Å². The first-order chi connectivity index (χ1) is 9.65. The van der Waals surface area contributed by atoms with Gasteiger partial charge in [-0.2, -0.15) is 5.10 Å². The van der Waals surface area contributed by atoms with Gasteiger partial charge in [0.15, 0.2) is 0 Å². The molecule has 0 fully saturated rings. The summed E-state index contributed by atoms with van der Waals surface area (Å²) in [7, 11) is 1.96. The van der Waals surface area contributed by atoms with E-state index in [1.54, 1.807) is 0 Å². The first-order valence-electron chi connectivity index (χ1n) is 7.08. The molecule has 2 aromatic rings. The molecule has 0 bridgehead atoms. The molecule has 0 saturated carbocycles. The number of aromatic nitrogens is 3. The van der Waals surface area contributed by atoms with Crippen molar-refractivity contribution in [3.63, 3.8) is 0 Å². The standard InChI is InChI=1S/C15H23N5/c1-5-20(6-2)15-8-7-14(11-17-15)16-9-13-10-18-19(4)12(13)3/h7-8,10-11,16H,5-6,9H2,1-4H3. The number of rotatable bonds is 6. The van der Waals surface area contributed by atoms with E-state index in [1.165, 1.54) is 11.3 Å². The lowest BCUT2D eigenvalue weighted by Crippen LogP contribution is -2.22. The van der Waals surface area contributed by atoms with Gasteiger partial charge in [-0.1, -0.05) is 0 Å². The number of nitrogens with one attached hydrogen (secondary N) is 1. The van der Waals surface area contributed by atoms with E-state index in [0.29, 0.717) is 0 Å². The minimum atomic E-state index is 0.770. The topological polar surface area (TPSA) is 46.0 Å². The third-order valence-corrected chi connectivity index (χ3v) is 3.66. The molecular weight excluding hydrogens is 250 g/mol. The zero-order chi connectivity index (χ0) is 14.5. The maximum Gasteiger partial charge on any atom is 0.128 e. The molecule has 108 valence electrons. The molecule has 1 N–H and O–H groups in total. The van der Waals surface area contributed by atoms with E-state index in [2.05, 4.69) is 53.2 Å². The highest BCUT2D eigenvalue weighted by Crippen LogP contribution is 2.15. The van der Waals surface area contributed by atoms with E-state index in [4.69, 9.17) is 0 Å². The first kappa shape index (κ1) is 14.4. The summed E-state index contributed by atoms with van der Waals surface area (Å²) in [5, 5.41) is 7.63. The molecule has 2 heterocycles.